The van der Waals surface area contributed by atoms with E-state index in [2.05, 4.69) is 36.2 Å². The molecule has 3 nitrogen and oxygen atoms in total. The van der Waals surface area contributed by atoms with Crippen LogP contribution < -0.4 is 5.32 Å². The molecule has 0 bridgehead atoms. The molecule has 1 aliphatic heterocycles. The molecule has 1 aliphatic rings. The molecule has 1 heterocycles. The molecule has 1 fully saturated rings. The van der Waals surface area contributed by atoms with Gasteiger partial charge in [-0.25, -0.2) is 0 Å². The monoisotopic (exact) mass is 229 g/mol. The zero-order valence-electron chi connectivity index (χ0n) is 10.5. The molecule has 1 aromatic carbocycles. The van der Waals surface area contributed by atoms with Gasteiger partial charge in [0.25, 0.3) is 0 Å². The topological polar surface area (TPSA) is 39.1 Å². The Kier molecular flexibility index (Phi) is 3.78. The maximum absolute atomic E-state index is 9.08. The quantitative estimate of drug-likeness (QED) is 0.839. The Morgan fingerprint density at radius 3 is 2.94 bits per heavy atom. The third-order valence-electron chi connectivity index (χ3n) is 3.40. The normalized spacial score (nSPS) is 25.5. The molecule has 0 aromatic heterocycles. The van der Waals surface area contributed by atoms with E-state index in [0.29, 0.717) is 12.1 Å². The van der Waals surface area contributed by atoms with Crippen LogP contribution in [0.15, 0.2) is 24.3 Å². The van der Waals surface area contributed by atoms with Crippen molar-refractivity contribution in [3.63, 3.8) is 0 Å². The van der Waals surface area contributed by atoms with Crippen molar-refractivity contribution in [1.29, 1.82) is 5.26 Å². The number of hydrogen-bond donors (Lipinski definition) is 1. The third-order valence-corrected chi connectivity index (χ3v) is 3.40. The van der Waals surface area contributed by atoms with E-state index >= 15 is 0 Å². The van der Waals surface area contributed by atoms with Crippen molar-refractivity contribution in [2.24, 2.45) is 0 Å². The van der Waals surface area contributed by atoms with Gasteiger partial charge in [-0.3, -0.25) is 4.90 Å². The maximum atomic E-state index is 9.08. The maximum Gasteiger partial charge on any atom is 0.0995 e. The summed E-state index contributed by atoms with van der Waals surface area (Å²) in [6, 6.07) is 11.2. The summed E-state index contributed by atoms with van der Waals surface area (Å²) in [5.41, 5.74) is 1.93. The lowest BCUT2D eigenvalue weighted by Gasteiger charge is -2.37. The molecule has 2 unspecified atom stereocenters. The molecule has 0 radical (unpaired) electrons. The average molecular weight is 229 g/mol. The van der Waals surface area contributed by atoms with Gasteiger partial charge in [0.1, 0.15) is 0 Å². The summed E-state index contributed by atoms with van der Waals surface area (Å²) in [4.78, 5) is 2.44. The van der Waals surface area contributed by atoms with E-state index in [1.54, 1.807) is 0 Å². The van der Waals surface area contributed by atoms with Crippen LogP contribution in [0.25, 0.3) is 0 Å². The lowest BCUT2D eigenvalue weighted by atomic mass is 10.1. The molecule has 2 rings (SSSR count). The molecule has 0 spiro atoms. The molecule has 0 amide bonds. The fourth-order valence-corrected chi connectivity index (χ4v) is 2.30. The van der Waals surface area contributed by atoms with Crippen LogP contribution in [0.1, 0.15) is 25.0 Å². The number of nitriles is 1. The number of nitrogens with one attached hydrogen (secondary N) is 1. The van der Waals surface area contributed by atoms with Gasteiger partial charge in [0.2, 0.25) is 0 Å². The number of benzene rings is 1. The predicted molar refractivity (Wildman–Crippen MR) is 68.5 cm³/mol. The van der Waals surface area contributed by atoms with Crippen LogP contribution in [0, 0.1) is 11.3 Å². The molecule has 3 heteroatoms. The lowest BCUT2D eigenvalue weighted by molar-refractivity contribution is 0.139. The van der Waals surface area contributed by atoms with Crippen molar-refractivity contribution in [3.8, 4) is 6.07 Å². The Balaban J connectivity index is 2.12. The van der Waals surface area contributed by atoms with Gasteiger partial charge in [-0.2, -0.15) is 5.26 Å². The highest BCUT2D eigenvalue weighted by atomic mass is 15.2. The van der Waals surface area contributed by atoms with Crippen LogP contribution >= 0.6 is 0 Å². The number of hydrogen-bond acceptors (Lipinski definition) is 3. The Morgan fingerprint density at radius 2 is 2.18 bits per heavy atom. The highest BCUT2D eigenvalue weighted by molar-refractivity contribution is 5.37. The van der Waals surface area contributed by atoms with E-state index in [4.69, 9.17) is 5.26 Å². The predicted octanol–water partition coefficient (Wildman–Crippen LogP) is 1.74. The van der Waals surface area contributed by atoms with Gasteiger partial charge in [-0.1, -0.05) is 18.2 Å². The zero-order chi connectivity index (χ0) is 12.3. The number of rotatable bonds is 2. The van der Waals surface area contributed by atoms with E-state index in [0.717, 1.165) is 30.8 Å². The summed E-state index contributed by atoms with van der Waals surface area (Å²) in [5.74, 6) is 0. The van der Waals surface area contributed by atoms with Crippen LogP contribution in [0.3, 0.4) is 0 Å². The first-order valence-corrected chi connectivity index (χ1v) is 6.16. The molecule has 17 heavy (non-hydrogen) atoms. The first-order chi connectivity index (χ1) is 8.20. The zero-order valence-corrected chi connectivity index (χ0v) is 10.5. The van der Waals surface area contributed by atoms with Gasteiger partial charge in [0.05, 0.1) is 11.6 Å². The molecular formula is C14H19N3. The smallest absolute Gasteiger partial charge is 0.0995 e. The Morgan fingerprint density at radius 1 is 1.41 bits per heavy atom. The van der Waals surface area contributed by atoms with Crippen LogP contribution in [-0.4, -0.2) is 30.1 Å². The van der Waals surface area contributed by atoms with E-state index in [1.165, 1.54) is 0 Å². The minimum atomic E-state index is 0.526. The molecule has 1 aromatic rings. The Labute approximate surface area is 103 Å². The molecule has 2 atom stereocenters. The molecule has 1 N–H and O–H groups in total. The minimum absolute atomic E-state index is 0.526. The van der Waals surface area contributed by atoms with E-state index in [1.807, 2.05) is 18.2 Å². The summed E-state index contributed by atoms with van der Waals surface area (Å²) < 4.78 is 0. The van der Waals surface area contributed by atoms with Crippen LogP contribution in [-0.2, 0) is 6.54 Å². The van der Waals surface area contributed by atoms with Crippen molar-refractivity contribution in [3.05, 3.63) is 35.4 Å². The standard InChI is InChI=1S/C14H19N3/c1-11-9-17(12(2)8-16-11)10-14-6-4-3-5-13(14)7-15/h3-6,11-12,16H,8-10H2,1-2H3. The van der Waals surface area contributed by atoms with Crippen molar-refractivity contribution >= 4 is 0 Å². The van der Waals surface area contributed by atoms with Crippen molar-refractivity contribution < 1.29 is 0 Å². The van der Waals surface area contributed by atoms with Gasteiger partial charge in [0, 0.05) is 31.7 Å². The summed E-state index contributed by atoms with van der Waals surface area (Å²) in [7, 11) is 0. The van der Waals surface area contributed by atoms with Gasteiger partial charge < -0.3 is 5.32 Å². The van der Waals surface area contributed by atoms with Gasteiger partial charge in [0.15, 0.2) is 0 Å². The fourth-order valence-electron chi connectivity index (χ4n) is 2.30. The van der Waals surface area contributed by atoms with E-state index in [9.17, 15) is 0 Å². The Bertz CT molecular complexity index is 422. The second kappa shape index (κ2) is 5.31. The lowest BCUT2D eigenvalue weighted by Crippen LogP contribution is -2.53. The van der Waals surface area contributed by atoms with Crippen LogP contribution in [0.2, 0.25) is 0 Å². The SMILES string of the molecule is CC1CN(Cc2ccccc2C#N)C(C)CN1. The summed E-state index contributed by atoms with van der Waals surface area (Å²) >= 11 is 0. The van der Waals surface area contributed by atoms with Crippen molar-refractivity contribution in [2.75, 3.05) is 13.1 Å². The fraction of sp³-hybridized carbons (Fsp3) is 0.500. The highest BCUT2D eigenvalue weighted by Crippen LogP contribution is 2.15. The third kappa shape index (κ3) is 2.85. The molecule has 0 saturated carbocycles. The summed E-state index contributed by atoms with van der Waals surface area (Å²) in [6.45, 7) is 7.37. The molecule has 0 aliphatic carbocycles. The van der Waals surface area contributed by atoms with Gasteiger partial charge in [-0.15, -0.1) is 0 Å². The molecule has 90 valence electrons. The summed E-state index contributed by atoms with van der Waals surface area (Å²) in [6.07, 6.45) is 0. The number of piperazine rings is 1. The first-order valence-electron chi connectivity index (χ1n) is 6.16. The van der Waals surface area contributed by atoms with Crippen LogP contribution in [0.5, 0.6) is 0 Å². The summed E-state index contributed by atoms with van der Waals surface area (Å²) in [5, 5.41) is 12.6. The number of nitrogens with zero attached hydrogens (tertiary/aromatic N) is 2. The van der Waals surface area contributed by atoms with E-state index < -0.39 is 0 Å². The average Bonchev–Trinajstić information content (AvgIpc) is 2.34. The second-order valence-corrected chi connectivity index (χ2v) is 4.86. The van der Waals surface area contributed by atoms with E-state index in [-0.39, 0.29) is 0 Å². The van der Waals surface area contributed by atoms with Gasteiger partial charge in [-0.05, 0) is 25.5 Å². The molecular weight excluding hydrogens is 210 g/mol. The second-order valence-electron chi connectivity index (χ2n) is 4.86. The van der Waals surface area contributed by atoms with Crippen LogP contribution in [0.4, 0.5) is 0 Å². The largest absolute Gasteiger partial charge is 0.311 e. The first kappa shape index (κ1) is 12.1. The Hall–Kier alpha value is -1.37. The molecule has 1 saturated heterocycles. The minimum Gasteiger partial charge on any atom is -0.311 e. The van der Waals surface area contributed by atoms with Crippen molar-refractivity contribution in [2.45, 2.75) is 32.5 Å². The highest BCUT2D eigenvalue weighted by Gasteiger charge is 2.22. The van der Waals surface area contributed by atoms with Gasteiger partial charge >= 0.3 is 0 Å². The van der Waals surface area contributed by atoms with Crippen molar-refractivity contribution in [1.82, 2.24) is 10.2 Å².